The van der Waals surface area contributed by atoms with E-state index in [0.29, 0.717) is 76.8 Å². The molecular weight excluding hydrogens is 574 g/mol. The molecule has 4 aliphatic rings. The van der Waals surface area contributed by atoms with Gasteiger partial charge in [-0.3, -0.25) is 9.59 Å². The Balaban J connectivity index is 0.000000220. The summed E-state index contributed by atoms with van der Waals surface area (Å²) in [6.07, 6.45) is 5.26. The SMILES string of the molecule is O=C([O-])c1nc(C2=CCN(C(=O)C3COC3)CC2)cs1.O=C([O-])c1nc(C2=CCN(C(=O)C3COC3)CC2)cs1.[Li+].[Li+]. The zero-order chi connectivity index (χ0) is 28.2. The van der Waals surface area contributed by atoms with E-state index in [4.69, 9.17) is 9.47 Å². The molecule has 0 radical (unpaired) electrons. The molecule has 0 aliphatic carbocycles. The first kappa shape index (κ1) is 34.2. The number of nitrogens with zero attached hydrogens (tertiary/aromatic N) is 4. The first-order valence-corrected chi connectivity index (χ1v) is 14.5. The van der Waals surface area contributed by atoms with Crippen molar-refractivity contribution in [2.24, 2.45) is 11.8 Å². The van der Waals surface area contributed by atoms with Crippen LogP contribution in [0, 0.1) is 11.8 Å². The molecule has 2 amide bonds. The molecule has 0 unspecified atom stereocenters. The van der Waals surface area contributed by atoms with Gasteiger partial charge in [-0.25, -0.2) is 9.97 Å². The summed E-state index contributed by atoms with van der Waals surface area (Å²) in [5.74, 6) is -2.21. The van der Waals surface area contributed by atoms with Gasteiger partial charge in [0.15, 0.2) is 0 Å². The second kappa shape index (κ2) is 15.5. The Morgan fingerprint density at radius 1 is 0.714 bits per heavy atom. The van der Waals surface area contributed by atoms with Crippen molar-refractivity contribution in [3.8, 4) is 0 Å². The molecule has 0 spiro atoms. The minimum atomic E-state index is -1.25. The number of amides is 2. The number of carbonyl (C=O) groups is 4. The summed E-state index contributed by atoms with van der Waals surface area (Å²) < 4.78 is 10.1. The number of aromatic nitrogens is 2. The quantitative estimate of drug-likeness (QED) is 0.291. The monoisotopic (exact) mass is 600 g/mol. The van der Waals surface area contributed by atoms with E-state index in [2.05, 4.69) is 9.97 Å². The fourth-order valence-electron chi connectivity index (χ4n) is 4.51. The van der Waals surface area contributed by atoms with Crippen LogP contribution < -0.4 is 47.9 Å². The maximum absolute atomic E-state index is 12.0. The summed E-state index contributed by atoms with van der Waals surface area (Å²) in [6.45, 7) is 4.45. The summed E-state index contributed by atoms with van der Waals surface area (Å²) in [4.78, 5) is 57.2. The average molecular weight is 601 g/mol. The number of hydrogen-bond donors (Lipinski definition) is 0. The van der Waals surface area contributed by atoms with Gasteiger partial charge in [-0.2, -0.15) is 0 Å². The number of rotatable bonds is 6. The van der Waals surface area contributed by atoms with Crippen LogP contribution in [-0.4, -0.2) is 96.1 Å². The maximum atomic E-state index is 12.0. The van der Waals surface area contributed by atoms with E-state index in [1.165, 1.54) is 0 Å². The molecular formula is C26H26Li2N4O8S2. The number of thiazole rings is 2. The number of carboxylic acids is 2. The Morgan fingerprint density at radius 2 is 1.10 bits per heavy atom. The predicted octanol–water partition coefficient (Wildman–Crippen LogP) is -6.45. The van der Waals surface area contributed by atoms with Crippen LogP contribution in [0.4, 0.5) is 0 Å². The van der Waals surface area contributed by atoms with Crippen molar-refractivity contribution in [3.05, 3.63) is 44.3 Å². The van der Waals surface area contributed by atoms with E-state index < -0.39 is 11.9 Å². The molecule has 2 fully saturated rings. The zero-order valence-corrected chi connectivity index (χ0v) is 25.0. The van der Waals surface area contributed by atoms with Crippen LogP contribution in [0.5, 0.6) is 0 Å². The van der Waals surface area contributed by atoms with E-state index in [9.17, 15) is 29.4 Å². The largest absolute Gasteiger partial charge is 1.00 e. The van der Waals surface area contributed by atoms with Crippen molar-refractivity contribution >= 4 is 57.6 Å². The van der Waals surface area contributed by atoms with Gasteiger partial charge in [0.05, 0.1) is 49.7 Å². The van der Waals surface area contributed by atoms with Gasteiger partial charge in [-0.05, 0) is 24.0 Å². The van der Waals surface area contributed by atoms with Crippen molar-refractivity contribution in [2.45, 2.75) is 12.8 Å². The second-order valence-corrected chi connectivity index (χ2v) is 11.4. The third kappa shape index (κ3) is 8.01. The molecule has 42 heavy (non-hydrogen) atoms. The van der Waals surface area contributed by atoms with E-state index >= 15 is 0 Å². The topological polar surface area (TPSA) is 165 Å². The molecule has 0 bridgehead atoms. The third-order valence-electron chi connectivity index (χ3n) is 7.03. The Hall–Kier alpha value is -2.27. The molecule has 2 aromatic heterocycles. The van der Waals surface area contributed by atoms with E-state index in [1.807, 2.05) is 22.0 Å². The molecule has 6 heterocycles. The van der Waals surface area contributed by atoms with Crippen LogP contribution in [0.1, 0.15) is 43.8 Å². The zero-order valence-electron chi connectivity index (χ0n) is 23.4. The van der Waals surface area contributed by atoms with E-state index in [0.717, 1.165) is 33.8 Å². The summed E-state index contributed by atoms with van der Waals surface area (Å²) >= 11 is 2.13. The molecule has 16 heteroatoms. The predicted molar refractivity (Wildman–Crippen MR) is 140 cm³/mol. The third-order valence-corrected chi connectivity index (χ3v) is 8.68. The summed E-state index contributed by atoms with van der Waals surface area (Å²) in [7, 11) is 0. The van der Waals surface area contributed by atoms with Crippen molar-refractivity contribution < 1.29 is 76.6 Å². The van der Waals surface area contributed by atoms with Gasteiger partial charge in [-0.1, -0.05) is 12.2 Å². The standard InChI is InChI=1S/2C13H14N2O4S.2Li/c2*16-12(9-5-19-6-9)15-3-1-8(2-4-15)10-7-20-11(14-10)13(17)18;;/h2*1,7,9H,2-6H2,(H,17,18);;/q;;2*+1/p-2. The van der Waals surface area contributed by atoms with Crippen molar-refractivity contribution in [1.29, 1.82) is 0 Å². The molecule has 0 saturated carbocycles. The molecule has 212 valence electrons. The molecule has 6 rings (SSSR count). The smallest absolute Gasteiger partial charge is 0.542 e. The fourth-order valence-corrected chi connectivity index (χ4v) is 5.86. The number of ether oxygens (including phenoxy) is 2. The Kier molecular flexibility index (Phi) is 12.6. The van der Waals surface area contributed by atoms with Crippen LogP contribution in [-0.2, 0) is 19.1 Å². The Morgan fingerprint density at radius 3 is 1.33 bits per heavy atom. The molecule has 12 nitrogen and oxygen atoms in total. The normalized spacial score (nSPS) is 18.5. The molecule has 4 aliphatic heterocycles. The average Bonchev–Trinajstić information content (AvgIpc) is 3.58. The molecule has 0 atom stereocenters. The van der Waals surface area contributed by atoms with Crippen molar-refractivity contribution in [1.82, 2.24) is 19.8 Å². The molecule has 2 saturated heterocycles. The first-order valence-electron chi connectivity index (χ1n) is 12.8. The Bertz CT molecular complexity index is 1270. The van der Waals surface area contributed by atoms with E-state index in [1.54, 1.807) is 10.8 Å². The summed E-state index contributed by atoms with van der Waals surface area (Å²) in [5.41, 5.74) is 3.33. The first-order chi connectivity index (χ1) is 19.3. The van der Waals surface area contributed by atoms with Gasteiger partial charge in [0.1, 0.15) is 22.0 Å². The van der Waals surface area contributed by atoms with Crippen molar-refractivity contribution in [3.63, 3.8) is 0 Å². The molecule has 0 aromatic carbocycles. The maximum Gasteiger partial charge on any atom is 1.00 e. The van der Waals surface area contributed by atoms with Crippen LogP contribution in [0.25, 0.3) is 11.1 Å². The van der Waals surface area contributed by atoms with Crippen LogP contribution >= 0.6 is 22.7 Å². The van der Waals surface area contributed by atoms with Crippen LogP contribution in [0.2, 0.25) is 0 Å². The van der Waals surface area contributed by atoms with Crippen molar-refractivity contribution in [2.75, 3.05) is 52.6 Å². The minimum Gasteiger partial charge on any atom is -0.542 e. The van der Waals surface area contributed by atoms with Gasteiger partial charge >= 0.3 is 37.7 Å². The van der Waals surface area contributed by atoms with Crippen LogP contribution in [0.3, 0.4) is 0 Å². The van der Waals surface area contributed by atoms with Gasteiger partial charge in [-0.15, -0.1) is 22.7 Å². The fraction of sp³-hybridized carbons (Fsp3) is 0.462. The number of carbonyl (C=O) groups excluding carboxylic acids is 4. The number of aromatic carboxylic acids is 2. The van der Waals surface area contributed by atoms with Gasteiger partial charge in [0.2, 0.25) is 11.8 Å². The van der Waals surface area contributed by atoms with Crippen LogP contribution in [0.15, 0.2) is 22.9 Å². The van der Waals surface area contributed by atoms with Gasteiger partial charge < -0.3 is 39.1 Å². The van der Waals surface area contributed by atoms with Gasteiger partial charge in [0, 0.05) is 36.9 Å². The molecule has 0 N–H and O–H groups in total. The van der Waals surface area contributed by atoms with E-state index in [-0.39, 0.29) is 71.4 Å². The van der Waals surface area contributed by atoms with Gasteiger partial charge in [0.25, 0.3) is 0 Å². The Labute approximate surface area is 274 Å². The minimum absolute atomic E-state index is 0. The number of carboxylic acid groups (broad SMARTS) is 2. The summed E-state index contributed by atoms with van der Waals surface area (Å²) in [5, 5.41) is 24.8. The number of hydrogen-bond acceptors (Lipinski definition) is 12. The summed E-state index contributed by atoms with van der Waals surface area (Å²) in [6, 6.07) is 0. The second-order valence-electron chi connectivity index (χ2n) is 9.65. The molecule has 2 aromatic rings.